The van der Waals surface area contributed by atoms with Crippen LogP contribution in [0.4, 0.5) is 16.2 Å². The molecule has 3 N–H and O–H groups in total. The molecule has 8 heteroatoms. The Morgan fingerprint density at radius 1 is 0.784 bits per heavy atom. The van der Waals surface area contributed by atoms with Gasteiger partial charge in [-0.1, -0.05) is 66.2 Å². The van der Waals surface area contributed by atoms with Crippen molar-refractivity contribution >= 4 is 40.1 Å². The van der Waals surface area contributed by atoms with Crippen LogP contribution in [0.2, 0.25) is 5.02 Å². The number of benzene rings is 4. The summed E-state index contributed by atoms with van der Waals surface area (Å²) in [5.74, 6) is 0.459. The molecule has 0 aliphatic heterocycles. The van der Waals surface area contributed by atoms with Crippen molar-refractivity contribution in [1.29, 1.82) is 0 Å². The molecule has 0 atom stereocenters. The number of amides is 2. The normalized spacial score (nSPS) is 10.9. The van der Waals surface area contributed by atoms with E-state index in [0.29, 0.717) is 33.6 Å². The van der Waals surface area contributed by atoms with Gasteiger partial charge < -0.3 is 15.1 Å². The second kappa shape index (κ2) is 9.64. The van der Waals surface area contributed by atoms with E-state index in [9.17, 15) is 4.79 Å². The maximum absolute atomic E-state index is 12.5. The van der Waals surface area contributed by atoms with Crippen molar-refractivity contribution in [2.75, 3.05) is 10.6 Å². The number of hydrogen-bond acceptors (Lipinski definition) is 4. The first kappa shape index (κ1) is 22.6. The number of halogens is 1. The smallest absolute Gasteiger partial charge is 0.323 e. The lowest BCUT2D eigenvalue weighted by molar-refractivity contribution is 0.262. The Balaban J connectivity index is 1.26. The predicted octanol–water partition coefficient (Wildman–Crippen LogP) is 7.85. The van der Waals surface area contributed by atoms with E-state index in [4.69, 9.17) is 21.0 Å². The standard InChI is InChI=1S/C29H20ClN5O2/c30-21-9-5-11-23(16-21)33-29(36)32-22-10-4-8-20(14-22)27-24(17-31-35-27)28-34-25-15-19(12-13-26(25)37-28)18-6-2-1-3-7-18/h1-17H,(H,31,35)(H2,32,33,36). The Hall–Kier alpha value is -4.88. The Labute approximate surface area is 217 Å². The fourth-order valence-electron chi connectivity index (χ4n) is 4.13. The van der Waals surface area contributed by atoms with Gasteiger partial charge in [0.1, 0.15) is 11.2 Å². The van der Waals surface area contributed by atoms with Crippen LogP contribution in [0, 0.1) is 0 Å². The topological polar surface area (TPSA) is 95.8 Å². The van der Waals surface area contributed by atoms with E-state index < -0.39 is 0 Å². The van der Waals surface area contributed by atoms with E-state index in [0.717, 1.165) is 27.8 Å². The maximum Gasteiger partial charge on any atom is 0.323 e. The number of urea groups is 1. The van der Waals surface area contributed by atoms with Crippen molar-refractivity contribution in [1.82, 2.24) is 15.2 Å². The lowest BCUT2D eigenvalue weighted by Gasteiger charge is -2.09. The van der Waals surface area contributed by atoms with Gasteiger partial charge in [0, 0.05) is 28.2 Å². The van der Waals surface area contributed by atoms with E-state index in [1.807, 2.05) is 54.6 Å². The minimum absolute atomic E-state index is 0.380. The molecule has 0 unspecified atom stereocenters. The molecule has 0 saturated heterocycles. The van der Waals surface area contributed by atoms with Crippen molar-refractivity contribution in [2.24, 2.45) is 0 Å². The van der Waals surface area contributed by atoms with Gasteiger partial charge >= 0.3 is 6.03 Å². The summed E-state index contributed by atoms with van der Waals surface area (Å²) >= 11 is 6.00. The number of aromatic nitrogens is 3. The Morgan fingerprint density at radius 2 is 1.54 bits per heavy atom. The molecule has 2 aromatic heterocycles. The number of anilines is 2. The maximum atomic E-state index is 12.5. The minimum atomic E-state index is -0.380. The lowest BCUT2D eigenvalue weighted by Crippen LogP contribution is -2.19. The number of carbonyl (C=O) groups is 1. The van der Waals surface area contributed by atoms with Gasteiger partial charge in [0.25, 0.3) is 0 Å². The van der Waals surface area contributed by atoms with Crippen molar-refractivity contribution in [2.45, 2.75) is 0 Å². The number of carbonyl (C=O) groups excluding carboxylic acids is 1. The molecule has 180 valence electrons. The number of hydrogen-bond donors (Lipinski definition) is 3. The van der Waals surface area contributed by atoms with E-state index in [2.05, 4.69) is 33.0 Å². The predicted molar refractivity (Wildman–Crippen MR) is 147 cm³/mol. The van der Waals surface area contributed by atoms with Gasteiger partial charge in [0.2, 0.25) is 5.89 Å². The fraction of sp³-hybridized carbons (Fsp3) is 0. The largest absolute Gasteiger partial charge is 0.436 e. The molecular weight excluding hydrogens is 486 g/mol. The Morgan fingerprint density at radius 3 is 2.35 bits per heavy atom. The number of aromatic amines is 1. The molecule has 0 radical (unpaired) electrons. The van der Waals surface area contributed by atoms with Gasteiger partial charge in [-0.3, -0.25) is 5.10 Å². The summed E-state index contributed by atoms with van der Waals surface area (Å²) in [6.07, 6.45) is 1.75. The second-order valence-electron chi connectivity index (χ2n) is 8.39. The van der Waals surface area contributed by atoms with E-state index in [1.165, 1.54) is 0 Å². The highest BCUT2D eigenvalue weighted by molar-refractivity contribution is 6.30. The molecule has 0 aliphatic rings. The fourth-order valence-corrected chi connectivity index (χ4v) is 4.32. The van der Waals surface area contributed by atoms with Crippen LogP contribution in [0.5, 0.6) is 0 Å². The van der Waals surface area contributed by atoms with Crippen molar-refractivity contribution in [3.63, 3.8) is 0 Å². The quantitative estimate of drug-likeness (QED) is 0.222. The highest BCUT2D eigenvalue weighted by Gasteiger charge is 2.17. The molecule has 0 saturated carbocycles. The summed E-state index contributed by atoms with van der Waals surface area (Å²) < 4.78 is 6.07. The Kier molecular flexibility index (Phi) is 5.88. The van der Waals surface area contributed by atoms with Crippen LogP contribution in [0.25, 0.3) is 44.9 Å². The molecular formula is C29H20ClN5O2. The Bertz CT molecular complexity index is 1730. The second-order valence-corrected chi connectivity index (χ2v) is 8.82. The molecule has 2 heterocycles. The number of fused-ring (bicyclic) bond motifs is 1. The monoisotopic (exact) mass is 505 g/mol. The van der Waals surface area contributed by atoms with Crippen LogP contribution in [0.3, 0.4) is 0 Å². The highest BCUT2D eigenvalue weighted by atomic mass is 35.5. The zero-order valence-electron chi connectivity index (χ0n) is 19.4. The highest BCUT2D eigenvalue weighted by Crippen LogP contribution is 2.34. The molecule has 6 rings (SSSR count). The van der Waals surface area contributed by atoms with Crippen LogP contribution in [-0.4, -0.2) is 21.2 Å². The van der Waals surface area contributed by atoms with Gasteiger partial charge in [-0.05, 0) is 53.6 Å². The van der Waals surface area contributed by atoms with Gasteiger partial charge in [-0.2, -0.15) is 5.10 Å². The first-order valence-corrected chi connectivity index (χ1v) is 11.9. The average Bonchev–Trinajstić information content (AvgIpc) is 3.56. The molecule has 37 heavy (non-hydrogen) atoms. The number of H-pyrrole nitrogens is 1. The van der Waals surface area contributed by atoms with Gasteiger partial charge in [-0.25, -0.2) is 9.78 Å². The van der Waals surface area contributed by atoms with Crippen molar-refractivity contribution in [3.8, 4) is 33.8 Å². The third-order valence-corrected chi connectivity index (χ3v) is 6.08. The molecule has 0 spiro atoms. The zero-order valence-corrected chi connectivity index (χ0v) is 20.2. The lowest BCUT2D eigenvalue weighted by atomic mass is 10.1. The first-order valence-electron chi connectivity index (χ1n) is 11.6. The SMILES string of the molecule is O=C(Nc1cccc(Cl)c1)Nc1cccc(-c2n[nH]cc2-c2nc3cc(-c4ccccc4)ccc3o2)c1. The summed E-state index contributed by atoms with van der Waals surface area (Å²) in [5.41, 5.74) is 7.01. The van der Waals surface area contributed by atoms with Crippen LogP contribution in [0.1, 0.15) is 0 Å². The van der Waals surface area contributed by atoms with E-state index in [-0.39, 0.29) is 6.03 Å². The molecule has 4 aromatic carbocycles. The van der Waals surface area contributed by atoms with Gasteiger partial charge in [0.05, 0.1) is 5.56 Å². The number of rotatable bonds is 5. The summed E-state index contributed by atoms with van der Waals surface area (Å²) in [5, 5.41) is 13.5. The number of nitrogens with zero attached hydrogens (tertiary/aromatic N) is 2. The molecule has 0 fully saturated rings. The summed E-state index contributed by atoms with van der Waals surface area (Å²) in [6, 6.07) is 30.1. The molecule has 0 aliphatic carbocycles. The number of nitrogens with one attached hydrogen (secondary N) is 3. The summed E-state index contributed by atoms with van der Waals surface area (Å²) in [4.78, 5) is 17.2. The minimum Gasteiger partial charge on any atom is -0.436 e. The van der Waals surface area contributed by atoms with E-state index in [1.54, 1.807) is 36.5 Å². The molecule has 7 nitrogen and oxygen atoms in total. The third-order valence-electron chi connectivity index (χ3n) is 5.84. The summed E-state index contributed by atoms with van der Waals surface area (Å²) in [7, 11) is 0. The molecule has 0 bridgehead atoms. The van der Waals surface area contributed by atoms with Crippen LogP contribution < -0.4 is 10.6 Å². The molecule has 2 amide bonds. The number of oxazole rings is 1. The molecule has 6 aromatic rings. The van der Waals surface area contributed by atoms with Crippen LogP contribution in [-0.2, 0) is 0 Å². The van der Waals surface area contributed by atoms with Crippen molar-refractivity contribution < 1.29 is 9.21 Å². The van der Waals surface area contributed by atoms with Crippen LogP contribution in [0.15, 0.2) is 108 Å². The summed E-state index contributed by atoms with van der Waals surface area (Å²) in [6.45, 7) is 0. The van der Waals surface area contributed by atoms with E-state index >= 15 is 0 Å². The third kappa shape index (κ3) is 4.80. The zero-order chi connectivity index (χ0) is 25.2. The average molecular weight is 506 g/mol. The van der Waals surface area contributed by atoms with Gasteiger partial charge in [0.15, 0.2) is 5.58 Å². The van der Waals surface area contributed by atoms with Crippen LogP contribution >= 0.6 is 11.6 Å². The van der Waals surface area contributed by atoms with Crippen molar-refractivity contribution in [3.05, 3.63) is 108 Å². The first-order chi connectivity index (χ1) is 18.1. The van der Waals surface area contributed by atoms with Gasteiger partial charge in [-0.15, -0.1) is 0 Å².